The number of rotatable bonds is 5. The van der Waals surface area contributed by atoms with Gasteiger partial charge in [0.25, 0.3) is 0 Å². The van der Waals surface area contributed by atoms with Gasteiger partial charge in [-0.3, -0.25) is 4.90 Å². The number of hydrogen-bond acceptors (Lipinski definition) is 2. The maximum Gasteiger partial charge on any atom is 0.0278 e. The molecule has 0 radical (unpaired) electrons. The first-order valence-corrected chi connectivity index (χ1v) is 7.12. The fourth-order valence-corrected chi connectivity index (χ4v) is 2.71. The Morgan fingerprint density at radius 2 is 2.12 bits per heavy atom. The average molecular weight is 224 g/mol. The van der Waals surface area contributed by atoms with E-state index in [2.05, 4.69) is 31.0 Å². The van der Waals surface area contributed by atoms with E-state index in [1.165, 1.54) is 45.2 Å². The SMILES string of the molecule is CCC1(C)CN(CCCC2CC2)C(C)CN1. The van der Waals surface area contributed by atoms with Crippen molar-refractivity contribution in [1.82, 2.24) is 10.2 Å². The highest BCUT2D eigenvalue weighted by Gasteiger charge is 2.32. The van der Waals surface area contributed by atoms with Gasteiger partial charge in [-0.2, -0.15) is 0 Å². The standard InChI is InChI=1S/C14H28N2/c1-4-14(3)11-16(12(2)10-15-14)9-5-6-13-7-8-13/h12-13,15H,4-11H2,1-3H3. The van der Waals surface area contributed by atoms with Crippen LogP contribution in [-0.4, -0.2) is 36.1 Å². The summed E-state index contributed by atoms with van der Waals surface area (Å²) < 4.78 is 0. The summed E-state index contributed by atoms with van der Waals surface area (Å²) in [6, 6.07) is 0.721. The van der Waals surface area contributed by atoms with Gasteiger partial charge >= 0.3 is 0 Å². The molecule has 0 amide bonds. The van der Waals surface area contributed by atoms with Gasteiger partial charge < -0.3 is 5.32 Å². The lowest BCUT2D eigenvalue weighted by molar-refractivity contribution is 0.0912. The first-order valence-electron chi connectivity index (χ1n) is 7.12. The van der Waals surface area contributed by atoms with Crippen LogP contribution >= 0.6 is 0 Å². The Bertz CT molecular complexity index is 225. The first kappa shape index (κ1) is 12.4. The van der Waals surface area contributed by atoms with E-state index >= 15 is 0 Å². The number of piperazine rings is 1. The fraction of sp³-hybridized carbons (Fsp3) is 1.00. The van der Waals surface area contributed by atoms with E-state index in [0.29, 0.717) is 5.54 Å². The average Bonchev–Trinajstić information content (AvgIpc) is 3.08. The van der Waals surface area contributed by atoms with E-state index in [1.54, 1.807) is 0 Å². The van der Waals surface area contributed by atoms with Crippen molar-refractivity contribution < 1.29 is 0 Å². The Kier molecular flexibility index (Phi) is 3.91. The highest BCUT2D eigenvalue weighted by atomic mass is 15.2. The number of nitrogens with one attached hydrogen (secondary N) is 1. The monoisotopic (exact) mass is 224 g/mol. The van der Waals surface area contributed by atoms with Crippen LogP contribution in [0.3, 0.4) is 0 Å². The van der Waals surface area contributed by atoms with Crippen molar-refractivity contribution in [3.8, 4) is 0 Å². The summed E-state index contributed by atoms with van der Waals surface area (Å²) in [5.41, 5.74) is 0.353. The van der Waals surface area contributed by atoms with Crippen LogP contribution in [0.1, 0.15) is 52.9 Å². The van der Waals surface area contributed by atoms with Crippen molar-refractivity contribution in [3.63, 3.8) is 0 Å². The molecule has 0 spiro atoms. The lowest BCUT2D eigenvalue weighted by Crippen LogP contribution is -2.61. The predicted octanol–water partition coefficient (Wildman–Crippen LogP) is 2.64. The third-order valence-corrected chi connectivity index (χ3v) is 4.53. The summed E-state index contributed by atoms with van der Waals surface area (Å²) in [5.74, 6) is 1.09. The molecule has 1 saturated carbocycles. The molecule has 2 rings (SSSR count). The molecule has 0 aromatic heterocycles. The van der Waals surface area contributed by atoms with E-state index < -0.39 is 0 Å². The van der Waals surface area contributed by atoms with E-state index in [0.717, 1.165) is 18.5 Å². The molecule has 94 valence electrons. The molecule has 1 aliphatic carbocycles. The lowest BCUT2D eigenvalue weighted by atomic mass is 9.93. The third kappa shape index (κ3) is 3.21. The van der Waals surface area contributed by atoms with Crippen LogP contribution in [0.4, 0.5) is 0 Å². The molecule has 0 bridgehead atoms. The van der Waals surface area contributed by atoms with Crippen LogP contribution in [0, 0.1) is 5.92 Å². The molecule has 2 aliphatic rings. The summed E-state index contributed by atoms with van der Waals surface area (Å²) >= 11 is 0. The predicted molar refractivity (Wildman–Crippen MR) is 69.7 cm³/mol. The van der Waals surface area contributed by atoms with Crippen molar-refractivity contribution in [2.75, 3.05) is 19.6 Å². The molecule has 0 aromatic carbocycles. The van der Waals surface area contributed by atoms with E-state index in [1.807, 2.05) is 0 Å². The number of hydrogen-bond donors (Lipinski definition) is 1. The largest absolute Gasteiger partial charge is 0.309 e. The van der Waals surface area contributed by atoms with Gasteiger partial charge in [-0.1, -0.05) is 19.8 Å². The quantitative estimate of drug-likeness (QED) is 0.772. The molecule has 2 heteroatoms. The summed E-state index contributed by atoms with van der Waals surface area (Å²) in [6.07, 6.45) is 7.13. The van der Waals surface area contributed by atoms with Crippen LogP contribution in [0.5, 0.6) is 0 Å². The normalized spacial score (nSPS) is 36.6. The second kappa shape index (κ2) is 5.05. The zero-order valence-electron chi connectivity index (χ0n) is 11.3. The van der Waals surface area contributed by atoms with E-state index in [9.17, 15) is 0 Å². The zero-order valence-corrected chi connectivity index (χ0v) is 11.3. The molecule has 2 unspecified atom stereocenters. The molecule has 16 heavy (non-hydrogen) atoms. The van der Waals surface area contributed by atoms with E-state index in [4.69, 9.17) is 0 Å². The molecular weight excluding hydrogens is 196 g/mol. The van der Waals surface area contributed by atoms with Gasteiger partial charge in [-0.05, 0) is 45.6 Å². The minimum atomic E-state index is 0.353. The van der Waals surface area contributed by atoms with Crippen LogP contribution in [-0.2, 0) is 0 Å². The van der Waals surface area contributed by atoms with Gasteiger partial charge in [-0.25, -0.2) is 0 Å². The molecule has 2 fully saturated rings. The Hall–Kier alpha value is -0.0800. The van der Waals surface area contributed by atoms with Crippen LogP contribution < -0.4 is 5.32 Å². The summed E-state index contributed by atoms with van der Waals surface area (Å²) in [7, 11) is 0. The van der Waals surface area contributed by atoms with Crippen molar-refractivity contribution in [3.05, 3.63) is 0 Å². The summed E-state index contributed by atoms with van der Waals surface area (Å²) in [5, 5.41) is 3.69. The van der Waals surface area contributed by atoms with Gasteiger partial charge in [0.05, 0.1) is 0 Å². The summed E-state index contributed by atoms with van der Waals surface area (Å²) in [6.45, 7) is 10.7. The topological polar surface area (TPSA) is 15.3 Å². The molecule has 2 nitrogen and oxygen atoms in total. The molecule has 0 aromatic rings. The number of nitrogens with zero attached hydrogens (tertiary/aromatic N) is 1. The highest BCUT2D eigenvalue weighted by molar-refractivity contribution is 4.93. The van der Waals surface area contributed by atoms with Crippen LogP contribution in [0.2, 0.25) is 0 Å². The fourth-order valence-electron chi connectivity index (χ4n) is 2.71. The smallest absolute Gasteiger partial charge is 0.0278 e. The van der Waals surface area contributed by atoms with Crippen molar-refractivity contribution in [2.24, 2.45) is 5.92 Å². The molecular formula is C14H28N2. The lowest BCUT2D eigenvalue weighted by Gasteiger charge is -2.45. The molecule has 2 atom stereocenters. The summed E-state index contributed by atoms with van der Waals surface area (Å²) in [4.78, 5) is 2.70. The Balaban J connectivity index is 1.75. The van der Waals surface area contributed by atoms with Gasteiger partial charge in [0, 0.05) is 24.7 Å². The van der Waals surface area contributed by atoms with Gasteiger partial charge in [0.15, 0.2) is 0 Å². The molecule has 1 saturated heterocycles. The Labute approximate surface area is 101 Å². The van der Waals surface area contributed by atoms with Crippen LogP contribution in [0.15, 0.2) is 0 Å². The third-order valence-electron chi connectivity index (χ3n) is 4.53. The highest BCUT2D eigenvalue weighted by Crippen LogP contribution is 2.33. The van der Waals surface area contributed by atoms with Crippen molar-refractivity contribution in [2.45, 2.75) is 64.5 Å². The zero-order chi connectivity index (χ0) is 11.6. The second-order valence-electron chi connectivity index (χ2n) is 6.20. The Morgan fingerprint density at radius 3 is 2.75 bits per heavy atom. The van der Waals surface area contributed by atoms with E-state index in [-0.39, 0.29) is 0 Å². The second-order valence-corrected chi connectivity index (χ2v) is 6.20. The minimum Gasteiger partial charge on any atom is -0.309 e. The van der Waals surface area contributed by atoms with Gasteiger partial charge in [0.1, 0.15) is 0 Å². The molecule has 1 N–H and O–H groups in total. The van der Waals surface area contributed by atoms with Crippen molar-refractivity contribution in [1.29, 1.82) is 0 Å². The first-order chi connectivity index (χ1) is 7.63. The van der Waals surface area contributed by atoms with Crippen molar-refractivity contribution >= 4 is 0 Å². The maximum atomic E-state index is 3.69. The minimum absolute atomic E-state index is 0.353. The van der Waals surface area contributed by atoms with Gasteiger partial charge in [0.2, 0.25) is 0 Å². The van der Waals surface area contributed by atoms with Crippen LogP contribution in [0.25, 0.3) is 0 Å². The maximum absolute atomic E-state index is 3.69. The van der Waals surface area contributed by atoms with Gasteiger partial charge in [-0.15, -0.1) is 0 Å². The Morgan fingerprint density at radius 1 is 1.38 bits per heavy atom. The molecule has 1 heterocycles. The molecule has 1 aliphatic heterocycles.